The Hall–Kier alpha value is -3.61. The molecule has 0 aliphatic rings. The van der Waals surface area contributed by atoms with Crippen molar-refractivity contribution in [3.63, 3.8) is 0 Å². The first kappa shape index (κ1) is 20.1. The van der Waals surface area contributed by atoms with Gasteiger partial charge in [-0.15, -0.1) is 0 Å². The minimum absolute atomic E-state index is 0.0464. The first-order chi connectivity index (χ1) is 14.1. The van der Waals surface area contributed by atoms with E-state index in [-0.39, 0.29) is 24.1 Å². The molecule has 0 saturated heterocycles. The fraction of sp³-hybridized carbons (Fsp3) is 0.227. The van der Waals surface area contributed by atoms with Gasteiger partial charge in [0.15, 0.2) is 11.5 Å². The van der Waals surface area contributed by atoms with Crippen LogP contribution < -0.4 is 15.4 Å². The van der Waals surface area contributed by atoms with Crippen LogP contribution in [0.4, 0.5) is 5.69 Å². The number of amides is 2. The van der Waals surface area contributed by atoms with Crippen LogP contribution in [0.25, 0.3) is 0 Å². The smallest absolute Gasteiger partial charge is 0.273 e. The summed E-state index contributed by atoms with van der Waals surface area (Å²) in [5.74, 6) is 0.730. The van der Waals surface area contributed by atoms with Gasteiger partial charge in [0.1, 0.15) is 12.4 Å². The van der Waals surface area contributed by atoms with E-state index in [0.29, 0.717) is 30.2 Å². The van der Waals surface area contributed by atoms with E-state index < -0.39 is 0 Å². The van der Waals surface area contributed by atoms with Gasteiger partial charge in [-0.1, -0.05) is 42.4 Å². The molecule has 2 N–H and O–H groups in total. The van der Waals surface area contributed by atoms with Crippen molar-refractivity contribution in [1.82, 2.24) is 10.5 Å². The number of aromatic nitrogens is 1. The van der Waals surface area contributed by atoms with Crippen LogP contribution >= 0.6 is 0 Å². The average molecular weight is 393 g/mol. The van der Waals surface area contributed by atoms with Crippen LogP contribution in [0.1, 0.15) is 35.2 Å². The van der Waals surface area contributed by atoms with Crippen LogP contribution in [0.3, 0.4) is 0 Å². The van der Waals surface area contributed by atoms with Crippen LogP contribution in [0.5, 0.6) is 5.75 Å². The normalized spacial score (nSPS) is 10.4. The molecular formula is C22H23N3O4. The van der Waals surface area contributed by atoms with Crippen molar-refractivity contribution < 1.29 is 18.8 Å². The van der Waals surface area contributed by atoms with Crippen molar-refractivity contribution in [3.8, 4) is 5.75 Å². The average Bonchev–Trinajstić information content (AvgIpc) is 3.23. The van der Waals surface area contributed by atoms with Crippen LogP contribution in [0.15, 0.2) is 65.2 Å². The molecule has 29 heavy (non-hydrogen) atoms. The molecule has 2 aromatic carbocycles. The molecule has 7 nitrogen and oxygen atoms in total. The van der Waals surface area contributed by atoms with Gasteiger partial charge in [-0.05, 0) is 36.2 Å². The number of carbonyl (C=O) groups is 2. The lowest BCUT2D eigenvalue weighted by Crippen LogP contribution is -2.25. The first-order valence-corrected chi connectivity index (χ1v) is 9.44. The second kappa shape index (κ2) is 10.1. The van der Waals surface area contributed by atoms with Crippen molar-refractivity contribution in [3.05, 3.63) is 77.7 Å². The Morgan fingerprint density at radius 1 is 1.07 bits per heavy atom. The maximum atomic E-state index is 12.2. The van der Waals surface area contributed by atoms with Crippen LogP contribution in [-0.2, 0) is 17.8 Å². The lowest BCUT2D eigenvalue weighted by atomic mass is 10.1. The fourth-order valence-corrected chi connectivity index (χ4v) is 2.58. The van der Waals surface area contributed by atoms with E-state index in [1.165, 1.54) is 0 Å². The summed E-state index contributed by atoms with van der Waals surface area (Å²) < 4.78 is 10.8. The Morgan fingerprint density at radius 2 is 1.83 bits per heavy atom. The minimum Gasteiger partial charge on any atom is -0.486 e. The van der Waals surface area contributed by atoms with Crippen LogP contribution in [0.2, 0.25) is 0 Å². The molecule has 0 radical (unpaired) electrons. The molecule has 0 fully saturated rings. The summed E-state index contributed by atoms with van der Waals surface area (Å²) >= 11 is 0. The molecule has 0 bridgehead atoms. The van der Waals surface area contributed by atoms with Crippen molar-refractivity contribution in [2.24, 2.45) is 0 Å². The maximum Gasteiger partial charge on any atom is 0.273 e. The zero-order valence-electron chi connectivity index (χ0n) is 16.2. The SMILES string of the molecule is CCC(=O)Nc1ccc(OCc2cc(C(=O)NCCc3ccccc3)no2)cc1. The Kier molecular flexibility index (Phi) is 7.00. The Morgan fingerprint density at radius 3 is 2.55 bits per heavy atom. The lowest BCUT2D eigenvalue weighted by Gasteiger charge is -2.06. The van der Waals surface area contributed by atoms with E-state index in [1.807, 2.05) is 30.3 Å². The zero-order valence-corrected chi connectivity index (χ0v) is 16.2. The van der Waals surface area contributed by atoms with E-state index in [9.17, 15) is 9.59 Å². The number of ether oxygens (including phenoxy) is 1. The Labute approximate surface area is 169 Å². The molecule has 0 aliphatic carbocycles. The van der Waals surface area contributed by atoms with Gasteiger partial charge in [0.2, 0.25) is 5.91 Å². The molecule has 3 rings (SSSR count). The molecule has 0 aliphatic heterocycles. The second-order valence-electron chi connectivity index (χ2n) is 6.38. The van der Waals surface area contributed by atoms with Crippen molar-refractivity contribution in [2.75, 3.05) is 11.9 Å². The van der Waals surface area contributed by atoms with Gasteiger partial charge in [-0.25, -0.2) is 0 Å². The van der Waals surface area contributed by atoms with Gasteiger partial charge >= 0.3 is 0 Å². The number of nitrogens with one attached hydrogen (secondary N) is 2. The zero-order chi connectivity index (χ0) is 20.5. The summed E-state index contributed by atoms with van der Waals surface area (Å²) in [5, 5.41) is 9.39. The Bertz CT molecular complexity index is 936. The molecule has 0 unspecified atom stereocenters. The highest BCUT2D eigenvalue weighted by molar-refractivity contribution is 5.92. The molecule has 2 amide bonds. The predicted octanol–water partition coefficient (Wildman–Crippen LogP) is 3.57. The van der Waals surface area contributed by atoms with Gasteiger partial charge in [-0.2, -0.15) is 0 Å². The van der Waals surface area contributed by atoms with E-state index in [2.05, 4.69) is 15.8 Å². The van der Waals surface area contributed by atoms with Gasteiger partial charge in [0.05, 0.1) is 0 Å². The molecule has 3 aromatic rings. The number of nitrogens with zero attached hydrogens (tertiary/aromatic N) is 1. The standard InChI is InChI=1S/C22H23N3O4/c1-2-21(26)24-17-8-10-18(11-9-17)28-15-19-14-20(25-29-19)22(27)23-13-12-16-6-4-3-5-7-16/h3-11,14H,2,12-13,15H2,1H3,(H,23,27)(H,24,26). The number of benzene rings is 2. The fourth-order valence-electron chi connectivity index (χ4n) is 2.58. The van der Waals surface area contributed by atoms with Gasteiger partial charge in [0, 0.05) is 24.7 Å². The highest BCUT2D eigenvalue weighted by atomic mass is 16.5. The monoisotopic (exact) mass is 393 g/mol. The van der Waals surface area contributed by atoms with Crippen LogP contribution in [0, 0.1) is 0 Å². The topological polar surface area (TPSA) is 93.5 Å². The predicted molar refractivity (Wildman–Crippen MR) is 109 cm³/mol. The summed E-state index contributed by atoms with van der Waals surface area (Å²) in [6.07, 6.45) is 1.17. The highest BCUT2D eigenvalue weighted by Gasteiger charge is 2.12. The Balaban J connectivity index is 1.44. The summed E-state index contributed by atoms with van der Waals surface area (Å²) in [4.78, 5) is 23.5. The largest absolute Gasteiger partial charge is 0.486 e. The molecule has 0 atom stereocenters. The number of hydrogen-bond donors (Lipinski definition) is 2. The van der Waals surface area contributed by atoms with E-state index in [1.54, 1.807) is 37.3 Å². The maximum absolute atomic E-state index is 12.2. The van der Waals surface area contributed by atoms with E-state index in [0.717, 1.165) is 12.0 Å². The molecule has 1 heterocycles. The number of carbonyl (C=O) groups excluding carboxylic acids is 2. The van der Waals surface area contributed by atoms with Crippen molar-refractivity contribution in [1.29, 1.82) is 0 Å². The van der Waals surface area contributed by atoms with Gasteiger partial charge in [0.25, 0.3) is 5.91 Å². The second-order valence-corrected chi connectivity index (χ2v) is 6.38. The van der Waals surface area contributed by atoms with Crippen molar-refractivity contribution >= 4 is 17.5 Å². The van der Waals surface area contributed by atoms with Gasteiger partial charge < -0.3 is 19.9 Å². The minimum atomic E-state index is -0.285. The quantitative estimate of drug-likeness (QED) is 0.580. The third-order valence-electron chi connectivity index (χ3n) is 4.17. The van der Waals surface area contributed by atoms with Crippen LogP contribution in [-0.4, -0.2) is 23.5 Å². The summed E-state index contributed by atoms with van der Waals surface area (Å²) in [5.41, 5.74) is 2.08. The molecule has 7 heteroatoms. The molecule has 0 saturated carbocycles. The van der Waals surface area contributed by atoms with Crippen molar-refractivity contribution in [2.45, 2.75) is 26.4 Å². The molecule has 150 valence electrons. The molecular weight excluding hydrogens is 370 g/mol. The molecule has 1 aromatic heterocycles. The van der Waals surface area contributed by atoms with E-state index >= 15 is 0 Å². The van der Waals surface area contributed by atoms with E-state index in [4.69, 9.17) is 9.26 Å². The first-order valence-electron chi connectivity index (χ1n) is 9.44. The number of hydrogen-bond acceptors (Lipinski definition) is 5. The molecule has 0 spiro atoms. The summed E-state index contributed by atoms with van der Waals surface area (Å²) in [7, 11) is 0. The number of anilines is 1. The summed E-state index contributed by atoms with van der Waals surface area (Å²) in [6.45, 7) is 2.45. The summed E-state index contributed by atoms with van der Waals surface area (Å²) in [6, 6.07) is 18.5. The third-order valence-corrected chi connectivity index (χ3v) is 4.17. The number of rotatable bonds is 9. The third kappa shape index (κ3) is 6.21. The highest BCUT2D eigenvalue weighted by Crippen LogP contribution is 2.17. The van der Waals surface area contributed by atoms with Gasteiger partial charge in [-0.3, -0.25) is 9.59 Å². The lowest BCUT2D eigenvalue weighted by molar-refractivity contribution is -0.115.